The lowest BCUT2D eigenvalue weighted by molar-refractivity contribution is -0.143. The first-order valence-electron chi connectivity index (χ1n) is 6.96. The van der Waals surface area contributed by atoms with E-state index in [1.165, 1.54) is 6.92 Å². The predicted octanol–water partition coefficient (Wildman–Crippen LogP) is 1.02. The lowest BCUT2D eigenvalue weighted by Gasteiger charge is -2.26. The molecule has 0 aliphatic carbocycles. The van der Waals surface area contributed by atoms with Crippen molar-refractivity contribution in [3.05, 3.63) is 0 Å². The molecule has 0 aromatic rings. The fraction of sp³-hybridized carbons (Fsp3) is 0.846. The van der Waals surface area contributed by atoms with Crippen LogP contribution in [0.4, 0.5) is 4.79 Å². The van der Waals surface area contributed by atoms with E-state index in [0.29, 0.717) is 19.0 Å². The van der Waals surface area contributed by atoms with Crippen molar-refractivity contribution in [1.82, 2.24) is 15.5 Å². The van der Waals surface area contributed by atoms with Gasteiger partial charge < -0.3 is 15.7 Å². The van der Waals surface area contributed by atoms with E-state index in [1.54, 1.807) is 6.92 Å². The molecule has 0 spiro atoms. The summed E-state index contributed by atoms with van der Waals surface area (Å²) in [5, 5.41) is 14.4. The summed E-state index contributed by atoms with van der Waals surface area (Å²) in [7, 11) is 0. The summed E-state index contributed by atoms with van der Waals surface area (Å²) >= 11 is 0. The number of hydrogen-bond donors (Lipinski definition) is 3. The standard InChI is InChI=1S/C13H25N3O3/c1-4-13(3,11(17)18)15-12(19)14-9-10-7-6-8-16(10)5-2/h10H,4-9H2,1-3H3,(H,17,18)(H2,14,15,19). The second-order valence-corrected chi connectivity index (χ2v) is 5.25. The van der Waals surface area contributed by atoms with Crippen LogP contribution in [0.1, 0.15) is 40.0 Å². The molecule has 0 aromatic carbocycles. The molecule has 0 bridgehead atoms. The van der Waals surface area contributed by atoms with E-state index in [-0.39, 0.29) is 0 Å². The molecule has 2 amide bonds. The normalized spacial score (nSPS) is 22.8. The van der Waals surface area contributed by atoms with Crippen molar-refractivity contribution >= 4 is 12.0 Å². The molecule has 1 aliphatic rings. The Hall–Kier alpha value is -1.30. The van der Waals surface area contributed by atoms with Gasteiger partial charge in [0.25, 0.3) is 0 Å². The maximum absolute atomic E-state index is 11.8. The summed E-state index contributed by atoms with van der Waals surface area (Å²) in [6.45, 7) is 7.99. The molecule has 0 aromatic heterocycles. The molecular weight excluding hydrogens is 246 g/mol. The molecule has 3 N–H and O–H groups in total. The molecule has 2 unspecified atom stereocenters. The second kappa shape index (κ2) is 6.75. The van der Waals surface area contributed by atoms with E-state index >= 15 is 0 Å². The van der Waals surface area contributed by atoms with E-state index in [4.69, 9.17) is 5.11 Å². The summed E-state index contributed by atoms with van der Waals surface area (Å²) in [5.41, 5.74) is -1.20. The van der Waals surface area contributed by atoms with Gasteiger partial charge in [0.15, 0.2) is 0 Å². The van der Waals surface area contributed by atoms with Gasteiger partial charge in [0, 0.05) is 12.6 Å². The van der Waals surface area contributed by atoms with Gasteiger partial charge in [0.1, 0.15) is 5.54 Å². The smallest absolute Gasteiger partial charge is 0.329 e. The minimum absolute atomic E-state index is 0.347. The summed E-state index contributed by atoms with van der Waals surface area (Å²) in [5.74, 6) is -1.01. The minimum atomic E-state index is -1.20. The number of likely N-dealkylation sites (N-methyl/N-ethyl adjacent to an activating group) is 1. The first-order chi connectivity index (χ1) is 8.92. The van der Waals surface area contributed by atoms with Crippen LogP contribution in [0.25, 0.3) is 0 Å². The fourth-order valence-corrected chi connectivity index (χ4v) is 2.34. The zero-order chi connectivity index (χ0) is 14.5. The molecule has 1 heterocycles. The molecular formula is C13H25N3O3. The number of urea groups is 1. The van der Waals surface area contributed by atoms with E-state index in [1.807, 2.05) is 0 Å². The third kappa shape index (κ3) is 4.09. The molecule has 19 heavy (non-hydrogen) atoms. The van der Waals surface area contributed by atoms with Gasteiger partial charge in [0.05, 0.1) is 0 Å². The van der Waals surface area contributed by atoms with Gasteiger partial charge in [-0.05, 0) is 39.3 Å². The van der Waals surface area contributed by atoms with E-state index in [0.717, 1.165) is 25.9 Å². The highest BCUT2D eigenvalue weighted by atomic mass is 16.4. The maximum Gasteiger partial charge on any atom is 0.329 e. The van der Waals surface area contributed by atoms with Crippen LogP contribution in [0, 0.1) is 0 Å². The van der Waals surface area contributed by atoms with Crippen LogP contribution < -0.4 is 10.6 Å². The van der Waals surface area contributed by atoms with Crippen LogP contribution in [0.2, 0.25) is 0 Å². The monoisotopic (exact) mass is 271 g/mol. The Kier molecular flexibility index (Phi) is 5.60. The number of hydrogen-bond acceptors (Lipinski definition) is 3. The molecule has 110 valence electrons. The largest absolute Gasteiger partial charge is 0.480 e. The highest BCUT2D eigenvalue weighted by Gasteiger charge is 2.33. The average Bonchev–Trinajstić information content (AvgIpc) is 2.83. The number of nitrogens with zero attached hydrogens (tertiary/aromatic N) is 1. The van der Waals surface area contributed by atoms with Crippen LogP contribution in [0.15, 0.2) is 0 Å². The van der Waals surface area contributed by atoms with Crippen molar-refractivity contribution in [3.8, 4) is 0 Å². The maximum atomic E-state index is 11.8. The van der Waals surface area contributed by atoms with Crippen molar-refractivity contribution in [1.29, 1.82) is 0 Å². The third-order valence-corrected chi connectivity index (χ3v) is 3.97. The van der Waals surface area contributed by atoms with Gasteiger partial charge in [-0.15, -0.1) is 0 Å². The van der Waals surface area contributed by atoms with E-state index in [9.17, 15) is 9.59 Å². The summed E-state index contributed by atoms with van der Waals surface area (Å²) in [6, 6.07) is -0.0387. The zero-order valence-electron chi connectivity index (χ0n) is 12.0. The van der Waals surface area contributed by atoms with Crippen molar-refractivity contribution in [2.75, 3.05) is 19.6 Å². The number of nitrogens with one attached hydrogen (secondary N) is 2. The number of carbonyl (C=O) groups is 2. The van der Waals surface area contributed by atoms with Gasteiger partial charge in [-0.3, -0.25) is 4.90 Å². The molecule has 1 fully saturated rings. The molecule has 6 nitrogen and oxygen atoms in total. The van der Waals surface area contributed by atoms with Crippen molar-refractivity contribution < 1.29 is 14.7 Å². The van der Waals surface area contributed by atoms with Gasteiger partial charge in [-0.2, -0.15) is 0 Å². The average molecular weight is 271 g/mol. The van der Waals surface area contributed by atoms with Crippen LogP contribution >= 0.6 is 0 Å². The van der Waals surface area contributed by atoms with Crippen LogP contribution in [-0.2, 0) is 4.79 Å². The van der Waals surface area contributed by atoms with Gasteiger partial charge >= 0.3 is 12.0 Å². The van der Waals surface area contributed by atoms with Crippen LogP contribution in [0.5, 0.6) is 0 Å². The summed E-state index contributed by atoms with van der Waals surface area (Å²) < 4.78 is 0. The summed E-state index contributed by atoms with van der Waals surface area (Å²) in [4.78, 5) is 25.2. The highest BCUT2D eigenvalue weighted by Crippen LogP contribution is 2.15. The first-order valence-corrected chi connectivity index (χ1v) is 6.96. The van der Waals surface area contributed by atoms with Gasteiger partial charge in [-0.1, -0.05) is 13.8 Å². The molecule has 2 atom stereocenters. The molecule has 0 radical (unpaired) electrons. The number of aliphatic carboxylic acids is 1. The number of rotatable bonds is 6. The first kappa shape index (κ1) is 15.8. The molecule has 1 saturated heterocycles. The number of amides is 2. The molecule has 0 saturated carbocycles. The van der Waals surface area contributed by atoms with Gasteiger partial charge in [-0.25, -0.2) is 9.59 Å². The SMILES string of the molecule is CCN1CCCC1CNC(=O)NC(C)(CC)C(=O)O. The Morgan fingerprint density at radius 2 is 2.11 bits per heavy atom. The van der Waals surface area contributed by atoms with Crippen LogP contribution in [0.3, 0.4) is 0 Å². The Bertz CT molecular complexity index is 335. The highest BCUT2D eigenvalue weighted by molar-refractivity contribution is 5.85. The van der Waals surface area contributed by atoms with Crippen molar-refractivity contribution in [2.45, 2.75) is 51.6 Å². The van der Waals surface area contributed by atoms with Crippen LogP contribution in [-0.4, -0.2) is 53.2 Å². The predicted molar refractivity (Wildman–Crippen MR) is 73.1 cm³/mol. The number of carboxylic acid groups (broad SMARTS) is 1. The Labute approximate surface area is 114 Å². The second-order valence-electron chi connectivity index (χ2n) is 5.25. The van der Waals surface area contributed by atoms with E-state index < -0.39 is 17.5 Å². The molecule has 1 aliphatic heterocycles. The van der Waals surface area contributed by atoms with E-state index in [2.05, 4.69) is 22.5 Å². The minimum Gasteiger partial charge on any atom is -0.480 e. The van der Waals surface area contributed by atoms with Crippen molar-refractivity contribution in [2.24, 2.45) is 0 Å². The third-order valence-electron chi connectivity index (χ3n) is 3.97. The Balaban J connectivity index is 2.41. The number of carbonyl (C=O) groups excluding carboxylic acids is 1. The molecule has 6 heteroatoms. The zero-order valence-corrected chi connectivity index (χ0v) is 12.0. The number of likely N-dealkylation sites (tertiary alicyclic amines) is 1. The topological polar surface area (TPSA) is 81.7 Å². The quantitative estimate of drug-likeness (QED) is 0.674. The fourth-order valence-electron chi connectivity index (χ4n) is 2.34. The Morgan fingerprint density at radius 1 is 1.42 bits per heavy atom. The summed E-state index contributed by atoms with van der Waals surface area (Å²) in [6.07, 6.45) is 2.59. The Morgan fingerprint density at radius 3 is 2.63 bits per heavy atom. The number of carboxylic acids is 1. The van der Waals surface area contributed by atoms with Crippen molar-refractivity contribution in [3.63, 3.8) is 0 Å². The molecule has 1 rings (SSSR count). The lowest BCUT2D eigenvalue weighted by atomic mass is 10.00. The van der Waals surface area contributed by atoms with Gasteiger partial charge in [0.2, 0.25) is 0 Å². The lowest BCUT2D eigenvalue weighted by Crippen LogP contribution is -2.56.